The second-order valence-corrected chi connectivity index (χ2v) is 2.85. The summed E-state index contributed by atoms with van der Waals surface area (Å²) in [6.45, 7) is 3.48. The first-order chi connectivity index (χ1) is 6.36. The van der Waals surface area contributed by atoms with Gasteiger partial charge in [-0.15, -0.1) is 0 Å². The van der Waals surface area contributed by atoms with E-state index in [1.807, 2.05) is 13.8 Å². The van der Waals surface area contributed by atoms with Crippen molar-refractivity contribution in [3.63, 3.8) is 0 Å². The van der Waals surface area contributed by atoms with Crippen LogP contribution in [0.4, 0.5) is 0 Å². The van der Waals surface area contributed by atoms with E-state index in [1.54, 1.807) is 0 Å². The van der Waals surface area contributed by atoms with Gasteiger partial charge in [0.2, 0.25) is 0 Å². The standard InChI is InChI=1S/C6H13NO2.C2H5NO2/c1-3-4(2)5(7)6(8)9;3-1-2(4)5/h4-5H,3,7H2,1-2H3,(H,8,9);1,3H2,(H,4,5)/t4?,5-;/m0./s1. The van der Waals surface area contributed by atoms with E-state index in [9.17, 15) is 9.59 Å². The third kappa shape index (κ3) is 8.95. The molecule has 1 unspecified atom stereocenters. The van der Waals surface area contributed by atoms with E-state index < -0.39 is 18.0 Å². The van der Waals surface area contributed by atoms with Crippen LogP contribution in [0.1, 0.15) is 20.3 Å². The molecule has 0 aromatic heterocycles. The molecule has 0 aromatic carbocycles. The number of hydrogen-bond donors (Lipinski definition) is 4. The lowest BCUT2D eigenvalue weighted by molar-refractivity contribution is -0.139. The fraction of sp³-hybridized carbons (Fsp3) is 0.750. The van der Waals surface area contributed by atoms with Crippen LogP contribution >= 0.6 is 0 Å². The summed E-state index contributed by atoms with van der Waals surface area (Å²) < 4.78 is 0. The highest BCUT2D eigenvalue weighted by Crippen LogP contribution is 2.04. The normalized spacial score (nSPS) is 13.4. The Labute approximate surface area is 82.9 Å². The molecule has 0 saturated heterocycles. The van der Waals surface area contributed by atoms with E-state index in [0.29, 0.717) is 0 Å². The number of carboxylic acid groups (broad SMARTS) is 2. The molecule has 6 heteroatoms. The summed E-state index contributed by atoms with van der Waals surface area (Å²) in [6, 6.07) is -0.699. The molecule has 0 saturated carbocycles. The van der Waals surface area contributed by atoms with Gasteiger partial charge in [-0.3, -0.25) is 9.59 Å². The van der Waals surface area contributed by atoms with Gasteiger partial charge in [0, 0.05) is 0 Å². The summed E-state index contributed by atoms with van der Waals surface area (Å²) in [6.07, 6.45) is 0.813. The number of rotatable bonds is 4. The van der Waals surface area contributed by atoms with Crippen LogP contribution in [0.5, 0.6) is 0 Å². The van der Waals surface area contributed by atoms with Gasteiger partial charge in [0.25, 0.3) is 0 Å². The van der Waals surface area contributed by atoms with E-state index >= 15 is 0 Å². The summed E-state index contributed by atoms with van der Waals surface area (Å²) in [5.74, 6) is -1.81. The van der Waals surface area contributed by atoms with Gasteiger partial charge in [-0.05, 0) is 5.92 Å². The van der Waals surface area contributed by atoms with Crippen LogP contribution < -0.4 is 11.5 Å². The molecule has 0 aliphatic rings. The predicted octanol–water partition coefficient (Wildman–Crippen LogP) is -0.526. The van der Waals surface area contributed by atoms with Crippen molar-refractivity contribution in [2.75, 3.05) is 6.54 Å². The van der Waals surface area contributed by atoms with Crippen molar-refractivity contribution >= 4 is 11.9 Å². The zero-order chi connectivity index (χ0) is 11.7. The Morgan fingerprint density at radius 1 is 1.36 bits per heavy atom. The fourth-order valence-electron chi connectivity index (χ4n) is 0.497. The molecule has 0 aliphatic heterocycles. The van der Waals surface area contributed by atoms with Crippen molar-refractivity contribution in [3.05, 3.63) is 0 Å². The number of carbonyl (C=O) groups is 2. The molecule has 0 fully saturated rings. The summed E-state index contributed by atoms with van der Waals surface area (Å²) in [7, 11) is 0. The summed E-state index contributed by atoms with van der Waals surface area (Å²) in [4.78, 5) is 19.4. The van der Waals surface area contributed by atoms with Gasteiger partial charge in [0.05, 0.1) is 6.54 Å². The number of carboxylic acids is 2. The molecular formula is C8H18N2O4. The Morgan fingerprint density at radius 3 is 1.79 bits per heavy atom. The maximum absolute atomic E-state index is 10.2. The van der Waals surface area contributed by atoms with Crippen molar-refractivity contribution in [1.29, 1.82) is 0 Å². The number of aliphatic carboxylic acids is 2. The van der Waals surface area contributed by atoms with Crippen LogP contribution in [-0.4, -0.2) is 34.7 Å². The molecule has 14 heavy (non-hydrogen) atoms. The van der Waals surface area contributed by atoms with Gasteiger partial charge >= 0.3 is 11.9 Å². The monoisotopic (exact) mass is 206 g/mol. The van der Waals surface area contributed by atoms with Crippen LogP contribution in [0.15, 0.2) is 0 Å². The van der Waals surface area contributed by atoms with Crippen LogP contribution in [0.25, 0.3) is 0 Å². The molecule has 6 nitrogen and oxygen atoms in total. The Bertz CT molecular complexity index is 184. The lowest BCUT2D eigenvalue weighted by Crippen LogP contribution is -2.36. The summed E-state index contributed by atoms with van der Waals surface area (Å²) in [5.41, 5.74) is 9.84. The Balaban J connectivity index is 0. The fourth-order valence-corrected chi connectivity index (χ4v) is 0.497. The Morgan fingerprint density at radius 2 is 1.71 bits per heavy atom. The topological polar surface area (TPSA) is 127 Å². The molecule has 0 amide bonds. The predicted molar refractivity (Wildman–Crippen MR) is 51.8 cm³/mol. The van der Waals surface area contributed by atoms with Gasteiger partial charge in [0.15, 0.2) is 0 Å². The first-order valence-corrected chi connectivity index (χ1v) is 4.27. The summed E-state index contributed by atoms with van der Waals surface area (Å²) >= 11 is 0. The molecule has 0 aromatic rings. The molecule has 0 heterocycles. The lowest BCUT2D eigenvalue weighted by Gasteiger charge is -2.11. The minimum absolute atomic E-state index is 0.0718. The molecule has 2 atom stereocenters. The van der Waals surface area contributed by atoms with E-state index in [2.05, 4.69) is 5.73 Å². The van der Waals surface area contributed by atoms with Crippen LogP contribution in [0.2, 0.25) is 0 Å². The lowest BCUT2D eigenvalue weighted by atomic mass is 10.0. The molecule has 84 valence electrons. The molecule has 6 N–H and O–H groups in total. The van der Waals surface area contributed by atoms with Crippen LogP contribution in [0, 0.1) is 5.92 Å². The van der Waals surface area contributed by atoms with Gasteiger partial charge in [-0.25, -0.2) is 0 Å². The minimum Gasteiger partial charge on any atom is -0.480 e. The molecule has 0 spiro atoms. The Kier molecular flexibility index (Phi) is 9.27. The van der Waals surface area contributed by atoms with Crippen molar-refractivity contribution in [2.45, 2.75) is 26.3 Å². The first kappa shape index (κ1) is 15.3. The third-order valence-electron chi connectivity index (χ3n) is 1.72. The highest BCUT2D eigenvalue weighted by molar-refractivity contribution is 5.73. The first-order valence-electron chi connectivity index (χ1n) is 4.27. The van der Waals surface area contributed by atoms with E-state index in [0.717, 1.165) is 6.42 Å². The second kappa shape index (κ2) is 8.46. The quantitative estimate of drug-likeness (QED) is 0.490. The van der Waals surface area contributed by atoms with Crippen LogP contribution in [-0.2, 0) is 9.59 Å². The average Bonchev–Trinajstić information content (AvgIpc) is 2.16. The maximum Gasteiger partial charge on any atom is 0.320 e. The van der Waals surface area contributed by atoms with Crippen molar-refractivity contribution in [1.82, 2.24) is 0 Å². The van der Waals surface area contributed by atoms with E-state index in [4.69, 9.17) is 15.9 Å². The van der Waals surface area contributed by atoms with Crippen molar-refractivity contribution in [3.8, 4) is 0 Å². The SMILES string of the molecule is CCC(C)[C@H](N)C(=O)O.NCC(=O)O. The van der Waals surface area contributed by atoms with Gasteiger partial charge in [-0.1, -0.05) is 20.3 Å². The smallest absolute Gasteiger partial charge is 0.320 e. The van der Waals surface area contributed by atoms with Gasteiger partial charge in [-0.2, -0.15) is 0 Å². The van der Waals surface area contributed by atoms with Crippen molar-refractivity contribution in [2.24, 2.45) is 17.4 Å². The van der Waals surface area contributed by atoms with Gasteiger partial charge < -0.3 is 21.7 Å². The highest BCUT2D eigenvalue weighted by Gasteiger charge is 2.17. The second-order valence-electron chi connectivity index (χ2n) is 2.85. The molecule has 0 rings (SSSR count). The molecule has 0 bridgehead atoms. The maximum atomic E-state index is 10.2. The highest BCUT2D eigenvalue weighted by atomic mass is 16.4. The largest absolute Gasteiger partial charge is 0.480 e. The number of nitrogens with two attached hydrogens (primary N) is 2. The molecular weight excluding hydrogens is 188 g/mol. The van der Waals surface area contributed by atoms with Gasteiger partial charge in [0.1, 0.15) is 6.04 Å². The summed E-state index contributed by atoms with van der Waals surface area (Å²) in [5, 5.41) is 16.0. The average molecular weight is 206 g/mol. The molecule has 0 aliphatic carbocycles. The molecule has 0 radical (unpaired) electrons. The van der Waals surface area contributed by atoms with E-state index in [-0.39, 0.29) is 12.5 Å². The van der Waals surface area contributed by atoms with E-state index in [1.165, 1.54) is 0 Å². The Hall–Kier alpha value is -1.14. The zero-order valence-corrected chi connectivity index (χ0v) is 8.43. The van der Waals surface area contributed by atoms with Crippen molar-refractivity contribution < 1.29 is 19.8 Å². The third-order valence-corrected chi connectivity index (χ3v) is 1.72. The van der Waals surface area contributed by atoms with Crippen LogP contribution in [0.3, 0.4) is 0 Å². The number of hydrogen-bond acceptors (Lipinski definition) is 4. The minimum atomic E-state index is -0.968. The zero-order valence-electron chi connectivity index (χ0n) is 8.43.